The molecule has 0 aromatic heterocycles. The van der Waals surface area contributed by atoms with E-state index < -0.39 is 11.6 Å². The van der Waals surface area contributed by atoms with Crippen LogP contribution in [-0.4, -0.2) is 51.0 Å². The van der Waals surface area contributed by atoms with E-state index in [4.69, 9.17) is 10.3 Å². The van der Waals surface area contributed by atoms with E-state index in [1.54, 1.807) is 4.90 Å². The molecule has 8 heteroatoms. The lowest BCUT2D eigenvalue weighted by atomic mass is 9.87. The first kappa shape index (κ1) is 14.1. The largest absolute Gasteiger partial charge is 0.397 e. The van der Waals surface area contributed by atoms with Gasteiger partial charge in [-0.1, -0.05) is 5.11 Å². The number of methoxy groups -OCH3 is 1. The van der Waals surface area contributed by atoms with E-state index in [1.165, 1.54) is 7.11 Å². The van der Waals surface area contributed by atoms with Gasteiger partial charge < -0.3 is 9.64 Å². The van der Waals surface area contributed by atoms with Gasteiger partial charge in [-0.05, 0) is 18.5 Å². The molecule has 0 unspecified atom stereocenters. The number of rotatable bonds is 5. The van der Waals surface area contributed by atoms with Crippen LogP contribution >= 0.6 is 0 Å². The summed E-state index contributed by atoms with van der Waals surface area (Å²) < 4.78 is 43.6. The number of likely N-dealkylation sites (tertiary alicyclic amines) is 1. The van der Waals surface area contributed by atoms with Crippen LogP contribution in [0.3, 0.4) is 0 Å². The second-order valence-electron chi connectivity index (χ2n) is 4.19. The maximum absolute atomic E-state index is 13.0. The van der Waals surface area contributed by atoms with Gasteiger partial charge in [0.15, 0.2) is 0 Å². The van der Waals surface area contributed by atoms with E-state index in [2.05, 4.69) is 10.0 Å². The first-order valence-corrected chi connectivity index (χ1v) is 5.24. The molecule has 98 valence electrons. The molecule has 0 radical (unpaired) electrons. The van der Waals surface area contributed by atoms with Gasteiger partial charge in [-0.15, -0.1) is 0 Å². The average molecular weight is 252 g/mol. The molecular weight excluding hydrogens is 237 g/mol. The fraction of sp³-hybridized carbons (Fsp3) is 1.00. The van der Waals surface area contributed by atoms with Crippen LogP contribution in [0, 0.1) is 5.41 Å². The standard InChI is InChI=1S/C9H15F3N4O/c1-17-7-8(9(10,11)12)2-4-16(6-8)5-3-14-15-13/h2-7H2,1H3/t8-/m0/s1. The molecule has 0 N–H and O–H groups in total. The molecule has 0 spiro atoms. The summed E-state index contributed by atoms with van der Waals surface area (Å²) in [5, 5.41) is 3.32. The molecule has 0 aliphatic carbocycles. The first-order valence-electron chi connectivity index (χ1n) is 5.24. The van der Waals surface area contributed by atoms with Crippen LogP contribution in [0.1, 0.15) is 6.42 Å². The van der Waals surface area contributed by atoms with Crippen molar-refractivity contribution in [3.05, 3.63) is 10.4 Å². The maximum Gasteiger partial charge on any atom is 0.397 e. The van der Waals surface area contributed by atoms with Gasteiger partial charge in [-0.25, -0.2) is 0 Å². The molecule has 0 bridgehead atoms. The van der Waals surface area contributed by atoms with Gasteiger partial charge >= 0.3 is 6.18 Å². The molecule has 17 heavy (non-hydrogen) atoms. The number of halogens is 3. The van der Waals surface area contributed by atoms with Crippen LogP contribution in [0.15, 0.2) is 5.11 Å². The number of azide groups is 1. The normalized spacial score (nSPS) is 25.9. The summed E-state index contributed by atoms with van der Waals surface area (Å²) in [4.78, 5) is 4.22. The summed E-state index contributed by atoms with van der Waals surface area (Å²) in [5.41, 5.74) is 6.32. The van der Waals surface area contributed by atoms with Crippen molar-refractivity contribution >= 4 is 0 Å². The molecule has 0 amide bonds. The monoisotopic (exact) mass is 252 g/mol. The van der Waals surface area contributed by atoms with Crippen molar-refractivity contribution in [1.29, 1.82) is 0 Å². The summed E-state index contributed by atoms with van der Waals surface area (Å²) in [6.45, 7) is 0.479. The highest BCUT2D eigenvalue weighted by atomic mass is 19.4. The van der Waals surface area contributed by atoms with Gasteiger partial charge in [0.2, 0.25) is 0 Å². The van der Waals surface area contributed by atoms with E-state index in [1.807, 2.05) is 0 Å². The van der Waals surface area contributed by atoms with Gasteiger partial charge in [-0.3, -0.25) is 0 Å². The molecular formula is C9H15F3N4O. The third kappa shape index (κ3) is 3.24. The molecule has 0 aromatic carbocycles. The molecule has 1 rings (SSSR count). The van der Waals surface area contributed by atoms with Crippen molar-refractivity contribution in [2.75, 3.05) is 39.9 Å². The Labute approximate surface area is 97.2 Å². The molecule has 1 atom stereocenters. The molecule has 1 aliphatic heterocycles. The van der Waals surface area contributed by atoms with Crippen molar-refractivity contribution in [2.24, 2.45) is 10.5 Å². The summed E-state index contributed by atoms with van der Waals surface area (Å²) in [6.07, 6.45) is -4.24. The lowest BCUT2D eigenvalue weighted by molar-refractivity contribution is -0.233. The van der Waals surface area contributed by atoms with Gasteiger partial charge in [-0.2, -0.15) is 13.2 Å². The lowest BCUT2D eigenvalue weighted by Gasteiger charge is -2.31. The zero-order valence-corrected chi connectivity index (χ0v) is 9.57. The molecule has 0 saturated carbocycles. The van der Waals surface area contributed by atoms with Crippen LogP contribution in [0.25, 0.3) is 10.4 Å². The molecule has 1 saturated heterocycles. The molecule has 5 nitrogen and oxygen atoms in total. The van der Waals surface area contributed by atoms with E-state index in [0.29, 0.717) is 13.1 Å². The zero-order valence-electron chi connectivity index (χ0n) is 9.57. The Morgan fingerprint density at radius 3 is 2.76 bits per heavy atom. The Morgan fingerprint density at radius 2 is 2.24 bits per heavy atom. The summed E-state index contributed by atoms with van der Waals surface area (Å²) >= 11 is 0. The Morgan fingerprint density at radius 1 is 1.53 bits per heavy atom. The van der Waals surface area contributed by atoms with Crippen LogP contribution in [0.4, 0.5) is 13.2 Å². The number of alkyl halides is 3. The Hall–Kier alpha value is -0.980. The van der Waals surface area contributed by atoms with Crippen LogP contribution < -0.4 is 0 Å². The number of ether oxygens (including phenoxy) is 1. The van der Waals surface area contributed by atoms with E-state index in [0.717, 1.165) is 0 Å². The summed E-state index contributed by atoms with van der Waals surface area (Å²) in [6, 6.07) is 0. The fourth-order valence-corrected chi connectivity index (χ4v) is 2.09. The zero-order chi connectivity index (χ0) is 12.9. The van der Waals surface area contributed by atoms with Gasteiger partial charge in [0.25, 0.3) is 0 Å². The molecule has 1 fully saturated rings. The minimum atomic E-state index is -4.27. The van der Waals surface area contributed by atoms with Crippen molar-refractivity contribution in [3.8, 4) is 0 Å². The summed E-state index contributed by atoms with van der Waals surface area (Å²) in [7, 11) is 1.27. The second-order valence-corrected chi connectivity index (χ2v) is 4.19. The maximum atomic E-state index is 13.0. The number of hydrogen-bond acceptors (Lipinski definition) is 3. The number of nitrogens with zero attached hydrogens (tertiary/aromatic N) is 4. The Kier molecular flexibility index (Phi) is 4.62. The lowest BCUT2D eigenvalue weighted by Crippen LogP contribution is -2.44. The summed E-state index contributed by atoms with van der Waals surface area (Å²) in [5.74, 6) is 0. The highest BCUT2D eigenvalue weighted by molar-refractivity contribution is 4.95. The average Bonchev–Trinajstić information content (AvgIpc) is 2.63. The van der Waals surface area contributed by atoms with E-state index in [9.17, 15) is 13.2 Å². The quantitative estimate of drug-likeness (QED) is 0.428. The highest BCUT2D eigenvalue weighted by Crippen LogP contribution is 2.45. The topological polar surface area (TPSA) is 61.2 Å². The smallest absolute Gasteiger partial charge is 0.384 e. The van der Waals surface area contributed by atoms with Crippen LogP contribution in [-0.2, 0) is 4.74 Å². The van der Waals surface area contributed by atoms with E-state index in [-0.39, 0.29) is 26.1 Å². The highest BCUT2D eigenvalue weighted by Gasteiger charge is 2.57. The third-order valence-corrected chi connectivity index (χ3v) is 3.03. The van der Waals surface area contributed by atoms with Crippen molar-refractivity contribution in [3.63, 3.8) is 0 Å². The van der Waals surface area contributed by atoms with Crippen LogP contribution in [0.5, 0.6) is 0 Å². The predicted molar refractivity (Wildman–Crippen MR) is 55.4 cm³/mol. The van der Waals surface area contributed by atoms with Gasteiger partial charge in [0.1, 0.15) is 5.41 Å². The SMILES string of the molecule is COC[C@]1(C(F)(F)F)CCN(CCN=[N+]=[N-])C1. The van der Waals surface area contributed by atoms with Gasteiger partial charge in [0.05, 0.1) is 6.61 Å². The molecule has 1 aliphatic rings. The van der Waals surface area contributed by atoms with Crippen molar-refractivity contribution < 1.29 is 17.9 Å². The van der Waals surface area contributed by atoms with E-state index >= 15 is 0 Å². The number of hydrogen-bond donors (Lipinski definition) is 0. The predicted octanol–water partition coefficient (Wildman–Crippen LogP) is 2.20. The minimum absolute atomic E-state index is 0.0284. The van der Waals surface area contributed by atoms with Gasteiger partial charge in [0, 0.05) is 31.7 Å². The Balaban J connectivity index is 2.62. The third-order valence-electron chi connectivity index (χ3n) is 3.03. The fourth-order valence-electron chi connectivity index (χ4n) is 2.09. The van der Waals surface area contributed by atoms with Crippen molar-refractivity contribution in [1.82, 2.24) is 4.90 Å². The second kappa shape index (κ2) is 5.57. The van der Waals surface area contributed by atoms with Crippen LogP contribution in [0.2, 0.25) is 0 Å². The van der Waals surface area contributed by atoms with Crippen molar-refractivity contribution in [2.45, 2.75) is 12.6 Å². The Bertz CT molecular complexity index is 303. The minimum Gasteiger partial charge on any atom is -0.384 e. The molecule has 0 aromatic rings. The first-order chi connectivity index (χ1) is 7.95. The molecule has 1 heterocycles.